The van der Waals surface area contributed by atoms with Crippen molar-refractivity contribution in [3.05, 3.63) is 16.1 Å². The molecule has 1 atom stereocenters. The molecule has 1 aromatic heterocycles. The number of nitrogens with one attached hydrogen (secondary N) is 1. The second-order valence-corrected chi connectivity index (χ2v) is 5.29. The van der Waals surface area contributed by atoms with E-state index in [9.17, 15) is 4.79 Å². The van der Waals surface area contributed by atoms with Crippen LogP contribution in [0.1, 0.15) is 17.1 Å². The maximum atomic E-state index is 11.6. The zero-order valence-electron chi connectivity index (χ0n) is 9.45. The van der Waals surface area contributed by atoms with Gasteiger partial charge in [0.05, 0.1) is 24.6 Å². The Labute approximate surface area is 109 Å². The van der Waals surface area contributed by atoms with Gasteiger partial charge in [0.2, 0.25) is 5.91 Å². The summed E-state index contributed by atoms with van der Waals surface area (Å²) in [6.07, 6.45) is 1.38. The molecule has 2 heterocycles. The van der Waals surface area contributed by atoms with E-state index in [1.54, 1.807) is 0 Å². The van der Waals surface area contributed by atoms with Gasteiger partial charge in [0.25, 0.3) is 0 Å². The third kappa shape index (κ3) is 3.94. The summed E-state index contributed by atoms with van der Waals surface area (Å²) in [5, 5.41) is 5.62. The number of carbonyl (C=O) groups excluding carboxylic acids is 1. The molecule has 2 rings (SSSR count). The lowest BCUT2D eigenvalue weighted by molar-refractivity contribution is -0.120. The first-order valence-electron chi connectivity index (χ1n) is 5.61. The van der Waals surface area contributed by atoms with Gasteiger partial charge in [-0.15, -0.1) is 22.9 Å². The Morgan fingerprint density at radius 1 is 1.71 bits per heavy atom. The molecule has 0 bridgehead atoms. The van der Waals surface area contributed by atoms with Crippen LogP contribution in [0.15, 0.2) is 5.38 Å². The van der Waals surface area contributed by atoms with E-state index in [0.29, 0.717) is 24.8 Å². The predicted octanol–water partition coefficient (Wildman–Crippen LogP) is 1.58. The van der Waals surface area contributed by atoms with Crippen molar-refractivity contribution >= 4 is 28.8 Å². The maximum absolute atomic E-state index is 11.6. The van der Waals surface area contributed by atoms with E-state index in [1.807, 2.05) is 5.38 Å². The van der Waals surface area contributed by atoms with Crippen molar-refractivity contribution in [1.82, 2.24) is 10.3 Å². The predicted molar refractivity (Wildman–Crippen MR) is 67.3 cm³/mol. The van der Waals surface area contributed by atoms with Crippen molar-refractivity contribution < 1.29 is 9.53 Å². The van der Waals surface area contributed by atoms with E-state index in [4.69, 9.17) is 16.3 Å². The van der Waals surface area contributed by atoms with Crippen LogP contribution < -0.4 is 5.32 Å². The van der Waals surface area contributed by atoms with E-state index in [-0.39, 0.29) is 5.91 Å². The molecule has 0 saturated carbocycles. The average Bonchev–Trinajstić information content (AvgIpc) is 2.97. The number of halogens is 1. The smallest absolute Gasteiger partial charge is 0.226 e. The molecule has 1 unspecified atom stereocenters. The molecule has 0 aliphatic carbocycles. The molecule has 1 N–H and O–H groups in total. The van der Waals surface area contributed by atoms with Crippen LogP contribution in [0.5, 0.6) is 0 Å². The minimum absolute atomic E-state index is 0.0207. The molecule has 94 valence electrons. The third-order valence-corrected chi connectivity index (χ3v) is 3.83. The number of ether oxygens (including phenoxy) is 1. The van der Waals surface area contributed by atoms with Gasteiger partial charge in [-0.3, -0.25) is 4.79 Å². The van der Waals surface area contributed by atoms with Crippen LogP contribution in [-0.2, 0) is 21.8 Å². The van der Waals surface area contributed by atoms with Crippen LogP contribution >= 0.6 is 22.9 Å². The molecule has 0 spiro atoms. The summed E-state index contributed by atoms with van der Waals surface area (Å²) in [5.74, 6) is 0.887. The molecule has 1 saturated heterocycles. The van der Waals surface area contributed by atoms with Gasteiger partial charge >= 0.3 is 0 Å². The Bertz CT molecular complexity index is 377. The summed E-state index contributed by atoms with van der Waals surface area (Å²) in [6, 6.07) is 0. The van der Waals surface area contributed by atoms with E-state index < -0.39 is 0 Å². The van der Waals surface area contributed by atoms with Gasteiger partial charge in [-0.2, -0.15) is 0 Å². The van der Waals surface area contributed by atoms with Crippen molar-refractivity contribution in [3.8, 4) is 0 Å². The second-order valence-electron chi connectivity index (χ2n) is 4.08. The van der Waals surface area contributed by atoms with Gasteiger partial charge in [0.15, 0.2) is 0 Å². The normalized spacial score (nSPS) is 19.5. The Balaban J connectivity index is 1.72. The quantitative estimate of drug-likeness (QED) is 0.830. The number of carbonyl (C=O) groups is 1. The molecule has 1 amide bonds. The third-order valence-electron chi connectivity index (χ3n) is 2.66. The van der Waals surface area contributed by atoms with Gasteiger partial charge in [0, 0.05) is 24.4 Å². The summed E-state index contributed by atoms with van der Waals surface area (Å²) in [6.45, 7) is 2.27. The average molecular weight is 275 g/mol. The van der Waals surface area contributed by atoms with Gasteiger partial charge in [0.1, 0.15) is 5.01 Å². The van der Waals surface area contributed by atoms with Crippen LogP contribution in [0.25, 0.3) is 0 Å². The molecule has 1 aliphatic rings. The van der Waals surface area contributed by atoms with Gasteiger partial charge in [-0.1, -0.05) is 0 Å². The Hall–Kier alpha value is -0.650. The van der Waals surface area contributed by atoms with Gasteiger partial charge in [-0.25, -0.2) is 4.98 Å². The Morgan fingerprint density at radius 2 is 2.59 bits per heavy atom. The molecule has 1 fully saturated rings. The molecule has 1 aliphatic heterocycles. The monoisotopic (exact) mass is 274 g/mol. The highest BCUT2D eigenvalue weighted by molar-refractivity contribution is 7.09. The molecule has 4 nitrogen and oxygen atoms in total. The van der Waals surface area contributed by atoms with Gasteiger partial charge < -0.3 is 10.1 Å². The summed E-state index contributed by atoms with van der Waals surface area (Å²) >= 11 is 7.13. The van der Waals surface area contributed by atoms with E-state index >= 15 is 0 Å². The standard InChI is InChI=1S/C11H15ClN2O2S/c12-4-9-7-17-11(14-9)3-10(15)13-5-8-1-2-16-6-8/h7-8H,1-6H2,(H,13,15). The number of alkyl halides is 1. The lowest BCUT2D eigenvalue weighted by atomic mass is 10.1. The molecular weight excluding hydrogens is 260 g/mol. The van der Waals surface area contributed by atoms with Gasteiger partial charge in [-0.05, 0) is 6.42 Å². The zero-order valence-corrected chi connectivity index (χ0v) is 11.0. The zero-order chi connectivity index (χ0) is 12.1. The van der Waals surface area contributed by atoms with E-state index in [2.05, 4.69) is 10.3 Å². The van der Waals surface area contributed by atoms with Crippen molar-refractivity contribution in [2.45, 2.75) is 18.7 Å². The minimum atomic E-state index is 0.0207. The topological polar surface area (TPSA) is 51.2 Å². The van der Waals surface area contributed by atoms with Crippen LogP contribution in [0.3, 0.4) is 0 Å². The minimum Gasteiger partial charge on any atom is -0.381 e. The molecule has 17 heavy (non-hydrogen) atoms. The highest BCUT2D eigenvalue weighted by Crippen LogP contribution is 2.13. The summed E-state index contributed by atoms with van der Waals surface area (Å²) in [4.78, 5) is 15.9. The van der Waals surface area contributed by atoms with Crippen LogP contribution in [-0.4, -0.2) is 30.6 Å². The van der Waals surface area contributed by atoms with Crippen molar-refractivity contribution in [1.29, 1.82) is 0 Å². The molecule has 0 aromatic carbocycles. The number of hydrogen-bond donors (Lipinski definition) is 1. The second kappa shape index (κ2) is 6.33. The SMILES string of the molecule is O=C(Cc1nc(CCl)cs1)NCC1CCOC1. The summed E-state index contributed by atoms with van der Waals surface area (Å²) in [5.41, 5.74) is 0.837. The first-order valence-corrected chi connectivity index (χ1v) is 7.03. The van der Waals surface area contributed by atoms with E-state index in [0.717, 1.165) is 30.3 Å². The number of aromatic nitrogens is 1. The summed E-state index contributed by atoms with van der Waals surface area (Å²) < 4.78 is 5.25. The lowest BCUT2D eigenvalue weighted by Crippen LogP contribution is -2.30. The number of amides is 1. The van der Waals surface area contributed by atoms with Crippen LogP contribution in [0.2, 0.25) is 0 Å². The fourth-order valence-electron chi connectivity index (χ4n) is 1.69. The molecular formula is C11H15ClN2O2S. The van der Waals surface area contributed by atoms with Crippen LogP contribution in [0.4, 0.5) is 0 Å². The molecule has 6 heteroatoms. The largest absolute Gasteiger partial charge is 0.381 e. The number of nitrogens with zero attached hydrogens (tertiary/aromatic N) is 1. The fourth-order valence-corrected chi connectivity index (χ4v) is 2.71. The highest BCUT2D eigenvalue weighted by Gasteiger charge is 2.16. The molecule has 1 aromatic rings. The van der Waals surface area contributed by atoms with Crippen molar-refractivity contribution in [2.75, 3.05) is 19.8 Å². The Morgan fingerprint density at radius 3 is 3.24 bits per heavy atom. The lowest BCUT2D eigenvalue weighted by Gasteiger charge is -2.08. The van der Waals surface area contributed by atoms with Crippen LogP contribution in [0, 0.1) is 5.92 Å². The fraction of sp³-hybridized carbons (Fsp3) is 0.636. The van der Waals surface area contributed by atoms with E-state index in [1.165, 1.54) is 11.3 Å². The number of thiazole rings is 1. The summed E-state index contributed by atoms with van der Waals surface area (Å²) in [7, 11) is 0. The first-order chi connectivity index (χ1) is 8.28. The van der Waals surface area contributed by atoms with Crippen molar-refractivity contribution in [2.24, 2.45) is 5.92 Å². The first kappa shape index (κ1) is 12.8. The van der Waals surface area contributed by atoms with Crippen molar-refractivity contribution in [3.63, 3.8) is 0 Å². The Kier molecular flexibility index (Phi) is 4.76. The number of hydrogen-bond acceptors (Lipinski definition) is 4. The molecule has 0 radical (unpaired) electrons. The maximum Gasteiger partial charge on any atom is 0.226 e. The highest BCUT2D eigenvalue weighted by atomic mass is 35.5. The number of rotatable bonds is 5.